The average Bonchev–Trinajstić information content (AvgIpc) is 2.82. The number of pyridine rings is 1. The number of aromatic nitrogens is 3. The fourth-order valence-corrected chi connectivity index (χ4v) is 3.32. The normalized spacial score (nSPS) is 15.3. The van der Waals surface area contributed by atoms with E-state index in [0.29, 0.717) is 23.9 Å². The summed E-state index contributed by atoms with van der Waals surface area (Å²) in [5.41, 5.74) is 3.38. The molecule has 3 rings (SSSR count). The monoisotopic (exact) mass is 317 g/mol. The van der Waals surface area contributed by atoms with Gasteiger partial charge < -0.3 is 10.2 Å². The largest absolute Gasteiger partial charge is 0.340 e. The molecule has 0 bridgehead atoms. The van der Waals surface area contributed by atoms with Crippen LogP contribution >= 0.6 is 0 Å². The van der Waals surface area contributed by atoms with Gasteiger partial charge in [0.15, 0.2) is 5.65 Å². The molecule has 1 fully saturated rings. The minimum atomic E-state index is -0.123. The van der Waals surface area contributed by atoms with E-state index in [4.69, 9.17) is 0 Å². The summed E-state index contributed by atoms with van der Waals surface area (Å²) >= 11 is 0. The SMILES string of the molecule is Cc1nc2c(c(C)c1CCC(=O)N1CCNCC1)c(=O)[nH]n2C. The van der Waals surface area contributed by atoms with E-state index in [1.165, 1.54) is 0 Å². The molecule has 2 aromatic heterocycles. The van der Waals surface area contributed by atoms with E-state index in [0.717, 1.165) is 43.0 Å². The van der Waals surface area contributed by atoms with Gasteiger partial charge in [-0.25, -0.2) is 4.98 Å². The summed E-state index contributed by atoms with van der Waals surface area (Å²) < 4.78 is 1.65. The minimum absolute atomic E-state index is 0.123. The summed E-state index contributed by atoms with van der Waals surface area (Å²) in [4.78, 5) is 30.9. The summed E-state index contributed by atoms with van der Waals surface area (Å²) in [7, 11) is 1.78. The van der Waals surface area contributed by atoms with E-state index in [9.17, 15) is 9.59 Å². The van der Waals surface area contributed by atoms with Crippen LogP contribution < -0.4 is 10.9 Å². The van der Waals surface area contributed by atoms with Crippen molar-refractivity contribution in [2.45, 2.75) is 26.7 Å². The molecule has 7 nitrogen and oxygen atoms in total. The second kappa shape index (κ2) is 6.16. The fourth-order valence-electron chi connectivity index (χ4n) is 3.32. The number of aryl methyl sites for hydroxylation is 3. The van der Waals surface area contributed by atoms with Crippen LogP contribution in [0.2, 0.25) is 0 Å². The predicted octanol–water partition coefficient (Wildman–Crippen LogP) is 0.243. The van der Waals surface area contributed by atoms with E-state index in [-0.39, 0.29) is 11.5 Å². The lowest BCUT2D eigenvalue weighted by Gasteiger charge is -2.27. The molecule has 0 radical (unpaired) electrons. The average molecular weight is 317 g/mol. The number of nitrogens with zero attached hydrogens (tertiary/aromatic N) is 3. The highest BCUT2D eigenvalue weighted by molar-refractivity contribution is 5.81. The highest BCUT2D eigenvalue weighted by Gasteiger charge is 2.19. The molecule has 0 atom stereocenters. The third kappa shape index (κ3) is 2.88. The van der Waals surface area contributed by atoms with E-state index in [1.807, 2.05) is 18.7 Å². The Labute approximate surface area is 134 Å². The maximum Gasteiger partial charge on any atom is 0.273 e. The lowest BCUT2D eigenvalue weighted by atomic mass is 10.00. The number of amides is 1. The Morgan fingerprint density at radius 3 is 2.65 bits per heavy atom. The van der Waals surface area contributed by atoms with Crippen LogP contribution in [-0.4, -0.2) is 51.8 Å². The Balaban J connectivity index is 1.84. The zero-order valence-electron chi connectivity index (χ0n) is 13.9. The number of H-pyrrole nitrogens is 1. The molecule has 0 aliphatic carbocycles. The highest BCUT2D eigenvalue weighted by atomic mass is 16.2. The third-order valence-corrected chi connectivity index (χ3v) is 4.63. The van der Waals surface area contributed by atoms with Gasteiger partial charge in [-0.3, -0.25) is 19.4 Å². The van der Waals surface area contributed by atoms with Gasteiger partial charge in [0.05, 0.1) is 5.39 Å². The zero-order chi connectivity index (χ0) is 16.6. The standard InChI is InChI=1S/C16H23N5O2/c1-10-12(4-5-13(22)21-8-6-17-7-9-21)11(2)18-15-14(10)16(23)19-20(15)3/h17H,4-9H2,1-3H3,(H,19,23). The van der Waals surface area contributed by atoms with Crippen LogP contribution in [-0.2, 0) is 18.3 Å². The van der Waals surface area contributed by atoms with Gasteiger partial charge in [0.1, 0.15) is 0 Å². The molecule has 1 saturated heterocycles. The topological polar surface area (TPSA) is 83.0 Å². The lowest BCUT2D eigenvalue weighted by Crippen LogP contribution is -2.46. The second-order valence-electron chi connectivity index (χ2n) is 6.13. The van der Waals surface area contributed by atoms with Crippen LogP contribution in [0.15, 0.2) is 4.79 Å². The van der Waals surface area contributed by atoms with Crippen LogP contribution in [0.25, 0.3) is 11.0 Å². The molecule has 2 aromatic rings. The highest BCUT2D eigenvalue weighted by Crippen LogP contribution is 2.21. The van der Waals surface area contributed by atoms with Crippen LogP contribution in [0, 0.1) is 13.8 Å². The summed E-state index contributed by atoms with van der Waals surface area (Å²) in [5.74, 6) is 0.173. The number of aromatic amines is 1. The maximum absolute atomic E-state index is 12.3. The molecular formula is C16H23N5O2. The molecule has 0 aromatic carbocycles. The van der Waals surface area contributed by atoms with Gasteiger partial charge >= 0.3 is 0 Å². The lowest BCUT2D eigenvalue weighted by molar-refractivity contribution is -0.131. The summed E-state index contributed by atoms with van der Waals surface area (Å²) in [5, 5.41) is 6.62. The molecule has 1 aliphatic rings. The number of nitrogens with one attached hydrogen (secondary N) is 2. The number of piperazine rings is 1. The Hall–Kier alpha value is -2.15. The van der Waals surface area contributed by atoms with E-state index in [2.05, 4.69) is 15.4 Å². The van der Waals surface area contributed by atoms with Gasteiger partial charge in [0.2, 0.25) is 5.91 Å². The molecule has 0 unspecified atom stereocenters. The molecule has 0 saturated carbocycles. The van der Waals surface area contributed by atoms with Crippen LogP contribution in [0.4, 0.5) is 0 Å². The number of fused-ring (bicyclic) bond motifs is 1. The van der Waals surface area contributed by atoms with Crippen molar-refractivity contribution in [1.82, 2.24) is 25.0 Å². The van der Waals surface area contributed by atoms with Crippen molar-refractivity contribution in [3.05, 3.63) is 27.2 Å². The van der Waals surface area contributed by atoms with Gasteiger partial charge in [-0.05, 0) is 31.4 Å². The van der Waals surface area contributed by atoms with Gasteiger partial charge in [0, 0.05) is 45.3 Å². The van der Waals surface area contributed by atoms with Crippen LogP contribution in [0.3, 0.4) is 0 Å². The molecule has 7 heteroatoms. The first kappa shape index (κ1) is 15.7. The number of hydrogen-bond acceptors (Lipinski definition) is 4. The fraction of sp³-hybridized carbons (Fsp3) is 0.562. The van der Waals surface area contributed by atoms with Crippen LogP contribution in [0.1, 0.15) is 23.2 Å². The Bertz CT molecular complexity index is 799. The second-order valence-corrected chi connectivity index (χ2v) is 6.13. The molecular weight excluding hydrogens is 294 g/mol. The number of carbonyl (C=O) groups excluding carboxylic acids is 1. The number of carbonyl (C=O) groups is 1. The molecule has 1 amide bonds. The van der Waals surface area contributed by atoms with Crippen molar-refractivity contribution in [3.63, 3.8) is 0 Å². The first-order valence-corrected chi connectivity index (χ1v) is 8.02. The maximum atomic E-state index is 12.3. The first-order valence-electron chi connectivity index (χ1n) is 8.02. The van der Waals surface area contributed by atoms with Crippen molar-refractivity contribution < 1.29 is 4.79 Å². The van der Waals surface area contributed by atoms with Crippen molar-refractivity contribution in [3.8, 4) is 0 Å². The summed E-state index contributed by atoms with van der Waals surface area (Å²) in [6.07, 6.45) is 1.08. The predicted molar refractivity (Wildman–Crippen MR) is 88.6 cm³/mol. The van der Waals surface area contributed by atoms with Crippen LogP contribution in [0.5, 0.6) is 0 Å². The summed E-state index contributed by atoms with van der Waals surface area (Å²) in [6, 6.07) is 0. The number of hydrogen-bond donors (Lipinski definition) is 2. The molecule has 124 valence electrons. The Morgan fingerprint density at radius 2 is 1.96 bits per heavy atom. The molecule has 2 N–H and O–H groups in total. The molecule has 0 spiro atoms. The van der Waals surface area contributed by atoms with E-state index >= 15 is 0 Å². The zero-order valence-corrected chi connectivity index (χ0v) is 13.9. The minimum Gasteiger partial charge on any atom is -0.340 e. The molecule has 3 heterocycles. The smallest absolute Gasteiger partial charge is 0.273 e. The van der Waals surface area contributed by atoms with Gasteiger partial charge in [0.25, 0.3) is 5.56 Å². The van der Waals surface area contributed by atoms with Gasteiger partial charge in [-0.15, -0.1) is 0 Å². The Kier molecular flexibility index (Phi) is 4.21. The quantitative estimate of drug-likeness (QED) is 0.850. The van der Waals surface area contributed by atoms with Crippen molar-refractivity contribution in [1.29, 1.82) is 0 Å². The number of rotatable bonds is 3. The van der Waals surface area contributed by atoms with E-state index in [1.54, 1.807) is 11.7 Å². The van der Waals surface area contributed by atoms with Gasteiger partial charge in [-0.1, -0.05) is 0 Å². The van der Waals surface area contributed by atoms with Crippen molar-refractivity contribution in [2.75, 3.05) is 26.2 Å². The third-order valence-electron chi connectivity index (χ3n) is 4.63. The molecule has 1 aliphatic heterocycles. The first-order chi connectivity index (χ1) is 11.0. The summed E-state index contributed by atoms with van der Waals surface area (Å²) in [6.45, 7) is 7.14. The van der Waals surface area contributed by atoms with E-state index < -0.39 is 0 Å². The Morgan fingerprint density at radius 1 is 1.26 bits per heavy atom. The van der Waals surface area contributed by atoms with Crippen molar-refractivity contribution >= 4 is 16.9 Å². The molecule has 23 heavy (non-hydrogen) atoms. The van der Waals surface area contributed by atoms with Crippen molar-refractivity contribution in [2.24, 2.45) is 7.05 Å². The van der Waals surface area contributed by atoms with Gasteiger partial charge in [-0.2, -0.15) is 0 Å².